The number of ether oxygens (including phenoxy) is 3. The Bertz CT molecular complexity index is 1270. The quantitative estimate of drug-likeness (QED) is 0.114. The van der Waals surface area contributed by atoms with Crippen molar-refractivity contribution in [3.8, 4) is 0 Å². The normalized spacial score (nSPS) is 38.3. The molecule has 3 aliphatic rings. The number of amides is 1. The second-order valence-corrected chi connectivity index (χ2v) is 20.4. The Morgan fingerprint density at radius 2 is 1.84 bits per heavy atom. The molecule has 8 nitrogen and oxygen atoms in total. The van der Waals surface area contributed by atoms with E-state index in [0.29, 0.717) is 19.4 Å². The van der Waals surface area contributed by atoms with Crippen LogP contribution in [0.5, 0.6) is 0 Å². The molecular formula is C36H53NO7Si. The Morgan fingerprint density at radius 3 is 2.49 bits per heavy atom. The maximum absolute atomic E-state index is 14.7. The molecule has 1 spiro atoms. The van der Waals surface area contributed by atoms with Crippen LogP contribution in [0.1, 0.15) is 39.7 Å². The lowest BCUT2D eigenvalue weighted by atomic mass is 9.51. The van der Waals surface area contributed by atoms with Crippen LogP contribution < -0.4 is 5.32 Å². The maximum atomic E-state index is 14.7. The van der Waals surface area contributed by atoms with Crippen LogP contribution in [0.25, 0.3) is 0 Å². The number of benzene rings is 1. The van der Waals surface area contributed by atoms with E-state index in [1.165, 1.54) is 19.9 Å². The molecule has 1 aromatic rings. The van der Waals surface area contributed by atoms with Crippen LogP contribution in [0.3, 0.4) is 0 Å². The van der Waals surface area contributed by atoms with Crippen molar-refractivity contribution in [3.05, 3.63) is 72.4 Å². The summed E-state index contributed by atoms with van der Waals surface area (Å²) in [5.74, 6) is -2.19. The molecule has 1 saturated carbocycles. The van der Waals surface area contributed by atoms with Gasteiger partial charge in [0.05, 0.1) is 12.2 Å². The van der Waals surface area contributed by atoms with Gasteiger partial charge >= 0.3 is 5.97 Å². The lowest BCUT2D eigenvalue weighted by Gasteiger charge is -2.53. The lowest BCUT2D eigenvalue weighted by Crippen LogP contribution is -2.61. The first kappa shape index (κ1) is 35.3. The molecule has 2 fully saturated rings. The molecular weight excluding hydrogens is 586 g/mol. The van der Waals surface area contributed by atoms with Crippen molar-refractivity contribution >= 4 is 20.0 Å². The molecule has 3 N–H and O–H groups in total. The van der Waals surface area contributed by atoms with E-state index >= 15 is 0 Å². The standard InChI is InChI=1S/C36H53NO7Si/c1-23-13-12-16-28-32(43-22-42-19-20-45(6,7)8)25(3)24(2)31-29(21-27-14-10-9-11-15-27)37-34(40)36(28,31)30(44-26(4)38)17-18-35(5,41)33(23)39/h9-12,14-18,23-24,28-33,39,41H,3,13,19-22H2,1-2,4-8H3,(H,37,40)/b16-12+,18-17+/t23-,24+,28-,29-,30+,31-,32+,33+,35+,36+/m0/s1. The summed E-state index contributed by atoms with van der Waals surface area (Å²) >= 11 is 0. The average Bonchev–Trinajstić information content (AvgIpc) is 3.24. The molecule has 1 aliphatic heterocycles. The second kappa shape index (κ2) is 14.1. The van der Waals surface area contributed by atoms with E-state index in [1.54, 1.807) is 6.08 Å². The summed E-state index contributed by atoms with van der Waals surface area (Å²) in [7, 11) is -1.30. The van der Waals surface area contributed by atoms with Gasteiger partial charge in [0, 0.05) is 39.5 Å². The molecule has 0 aromatic heterocycles. The number of aliphatic hydroxyl groups is 2. The molecule has 1 saturated heterocycles. The van der Waals surface area contributed by atoms with Crippen molar-refractivity contribution in [2.75, 3.05) is 13.4 Å². The van der Waals surface area contributed by atoms with E-state index in [9.17, 15) is 19.8 Å². The molecule has 0 unspecified atom stereocenters. The zero-order chi connectivity index (χ0) is 33.2. The number of esters is 1. The Morgan fingerprint density at radius 1 is 1.16 bits per heavy atom. The lowest BCUT2D eigenvalue weighted by molar-refractivity contribution is -0.175. The summed E-state index contributed by atoms with van der Waals surface area (Å²) < 4.78 is 18.5. The zero-order valence-corrected chi connectivity index (χ0v) is 29.0. The molecule has 1 amide bonds. The third kappa shape index (κ3) is 7.54. The highest BCUT2D eigenvalue weighted by Crippen LogP contribution is 2.59. The molecule has 0 bridgehead atoms. The fourth-order valence-corrected chi connectivity index (χ4v) is 8.32. The summed E-state index contributed by atoms with van der Waals surface area (Å²) in [4.78, 5) is 27.4. The van der Waals surface area contributed by atoms with Gasteiger partial charge in [-0.1, -0.05) is 88.6 Å². The van der Waals surface area contributed by atoms with Gasteiger partial charge in [0.1, 0.15) is 23.9 Å². The SMILES string of the molecule is C=C1[C@@H](C)[C@H]2[C@H](Cc3ccccc3)NC(=O)[C@]23[C@H](OC(C)=O)/C=C/[C@@](C)(O)[C@H](O)[C@@H](C)C/C=C/[C@H]3[C@@H]1OCOCC[Si](C)(C)C. The number of aliphatic hydroxyl groups excluding tert-OH is 1. The third-order valence-electron chi connectivity index (χ3n) is 10.0. The number of nitrogens with one attached hydrogen (secondary N) is 1. The predicted octanol–water partition coefficient (Wildman–Crippen LogP) is 5.05. The van der Waals surface area contributed by atoms with Crippen molar-refractivity contribution < 1.29 is 34.0 Å². The van der Waals surface area contributed by atoms with E-state index in [1.807, 2.05) is 49.4 Å². The number of rotatable bonds is 9. The first-order valence-corrected chi connectivity index (χ1v) is 20.0. The molecule has 9 heteroatoms. The highest BCUT2D eigenvalue weighted by molar-refractivity contribution is 6.76. The monoisotopic (exact) mass is 639 g/mol. The Kier molecular flexibility index (Phi) is 11.0. The van der Waals surface area contributed by atoms with Gasteiger partial charge in [-0.2, -0.15) is 0 Å². The van der Waals surface area contributed by atoms with Crippen LogP contribution in [-0.2, 0) is 30.2 Å². The van der Waals surface area contributed by atoms with E-state index in [4.69, 9.17) is 14.2 Å². The Hall–Kier alpha value is -2.56. The van der Waals surface area contributed by atoms with Crippen LogP contribution in [0.2, 0.25) is 25.7 Å². The van der Waals surface area contributed by atoms with Gasteiger partial charge in [-0.05, 0) is 54.9 Å². The van der Waals surface area contributed by atoms with Crippen molar-refractivity contribution in [2.45, 2.75) is 96.2 Å². The van der Waals surface area contributed by atoms with E-state index in [-0.39, 0.29) is 36.5 Å². The minimum absolute atomic E-state index is 0.0406. The number of hydrogen-bond acceptors (Lipinski definition) is 7. The average molecular weight is 640 g/mol. The fraction of sp³-hybridized carbons (Fsp3) is 0.611. The number of carbonyl (C=O) groups excluding carboxylic acids is 2. The summed E-state index contributed by atoms with van der Waals surface area (Å²) in [5, 5.41) is 25.7. The van der Waals surface area contributed by atoms with E-state index in [2.05, 4.69) is 38.5 Å². The molecule has 0 radical (unpaired) electrons. The van der Waals surface area contributed by atoms with E-state index in [0.717, 1.165) is 17.2 Å². The van der Waals surface area contributed by atoms with Gasteiger partial charge in [-0.25, -0.2) is 0 Å². The summed E-state index contributed by atoms with van der Waals surface area (Å²) in [6, 6.07) is 10.7. The maximum Gasteiger partial charge on any atom is 0.303 e. The summed E-state index contributed by atoms with van der Waals surface area (Å²) in [6.07, 6.45) is 5.31. The van der Waals surface area contributed by atoms with Gasteiger partial charge in [-0.15, -0.1) is 0 Å². The molecule has 4 rings (SSSR count). The van der Waals surface area contributed by atoms with Crippen molar-refractivity contribution in [2.24, 2.45) is 29.1 Å². The van der Waals surface area contributed by atoms with E-state index < -0.39 is 49.3 Å². The minimum Gasteiger partial charge on any atom is -0.457 e. The smallest absolute Gasteiger partial charge is 0.303 e. The second-order valence-electron chi connectivity index (χ2n) is 14.7. The summed E-state index contributed by atoms with van der Waals surface area (Å²) in [6.45, 7) is 18.8. The van der Waals surface area contributed by atoms with Crippen LogP contribution in [0, 0.1) is 29.1 Å². The Labute approximate surface area is 269 Å². The largest absolute Gasteiger partial charge is 0.457 e. The highest BCUT2D eigenvalue weighted by Gasteiger charge is 2.69. The van der Waals surface area contributed by atoms with Gasteiger partial charge < -0.3 is 29.7 Å². The first-order chi connectivity index (χ1) is 21.1. The first-order valence-electron chi connectivity index (χ1n) is 16.3. The van der Waals surface area contributed by atoms with Gasteiger partial charge in [-0.3, -0.25) is 9.59 Å². The fourth-order valence-electron chi connectivity index (χ4n) is 7.56. The molecule has 2 aliphatic carbocycles. The van der Waals surface area contributed by atoms with Crippen molar-refractivity contribution in [3.63, 3.8) is 0 Å². The molecule has 10 atom stereocenters. The third-order valence-corrected chi connectivity index (χ3v) is 11.8. The predicted molar refractivity (Wildman–Crippen MR) is 178 cm³/mol. The molecule has 1 heterocycles. The van der Waals surface area contributed by atoms with Crippen LogP contribution in [0.4, 0.5) is 0 Å². The number of allylic oxidation sites excluding steroid dienone is 1. The Balaban J connectivity index is 1.86. The van der Waals surface area contributed by atoms with Crippen molar-refractivity contribution in [1.82, 2.24) is 5.32 Å². The zero-order valence-electron chi connectivity index (χ0n) is 28.0. The van der Waals surface area contributed by atoms with Crippen LogP contribution >= 0.6 is 0 Å². The van der Waals surface area contributed by atoms with Gasteiger partial charge in [0.2, 0.25) is 5.91 Å². The highest BCUT2D eigenvalue weighted by atomic mass is 28.3. The summed E-state index contributed by atoms with van der Waals surface area (Å²) in [5.41, 5.74) is -0.986. The number of hydrogen-bond donors (Lipinski definition) is 3. The van der Waals surface area contributed by atoms with Gasteiger partial charge in [0.25, 0.3) is 0 Å². The minimum atomic E-state index is -1.62. The van der Waals surface area contributed by atoms with Crippen LogP contribution in [-0.4, -0.2) is 73.5 Å². The topological polar surface area (TPSA) is 114 Å². The van der Waals surface area contributed by atoms with Crippen molar-refractivity contribution in [1.29, 1.82) is 0 Å². The van der Waals surface area contributed by atoms with Crippen LogP contribution in [0.15, 0.2) is 66.8 Å². The molecule has 45 heavy (non-hydrogen) atoms. The van der Waals surface area contributed by atoms with Gasteiger partial charge in [0.15, 0.2) is 0 Å². The number of carbonyl (C=O) groups is 2. The molecule has 248 valence electrons. The molecule has 1 aromatic carbocycles.